The molecule has 1 fully saturated rings. The van der Waals surface area contributed by atoms with Gasteiger partial charge in [-0.3, -0.25) is 9.78 Å². The Morgan fingerprint density at radius 3 is 2.96 bits per heavy atom. The molecule has 0 saturated carbocycles. The average Bonchev–Trinajstić information content (AvgIpc) is 2.97. The summed E-state index contributed by atoms with van der Waals surface area (Å²) in [6, 6.07) is 8.41. The highest BCUT2D eigenvalue weighted by Gasteiger charge is 2.28. The number of fused-ring (bicyclic) bond motifs is 1. The third-order valence-electron chi connectivity index (χ3n) is 4.88. The first-order chi connectivity index (χ1) is 12.5. The van der Waals surface area contributed by atoms with Crippen LogP contribution >= 0.6 is 0 Å². The molecule has 6 heteroatoms. The maximum Gasteiger partial charge on any atom is 0.270 e. The topological polar surface area (TPSA) is 58.2 Å². The number of aromatic nitrogens is 2. The highest BCUT2D eigenvalue weighted by molar-refractivity contribution is 6.01. The van der Waals surface area contributed by atoms with Crippen LogP contribution in [0.4, 0.5) is 4.39 Å². The zero-order valence-electron chi connectivity index (χ0n) is 14.8. The van der Waals surface area contributed by atoms with E-state index >= 15 is 0 Å². The van der Waals surface area contributed by atoms with Crippen LogP contribution < -0.4 is 0 Å². The molecule has 1 atom stereocenters. The van der Waals surface area contributed by atoms with Crippen molar-refractivity contribution >= 4 is 16.8 Å². The summed E-state index contributed by atoms with van der Waals surface area (Å²) in [5.41, 5.74) is 3.99. The fraction of sp³-hybridized carbons (Fsp3) is 0.300. The number of amides is 1. The fourth-order valence-electron chi connectivity index (χ4n) is 3.47. The Morgan fingerprint density at radius 2 is 2.15 bits per heavy atom. The van der Waals surface area contributed by atoms with Gasteiger partial charge in [0.1, 0.15) is 17.6 Å². The van der Waals surface area contributed by atoms with E-state index in [1.807, 2.05) is 26.0 Å². The second-order valence-corrected chi connectivity index (χ2v) is 6.66. The van der Waals surface area contributed by atoms with Crippen molar-refractivity contribution in [1.29, 1.82) is 0 Å². The van der Waals surface area contributed by atoms with Gasteiger partial charge in [0.15, 0.2) is 0 Å². The summed E-state index contributed by atoms with van der Waals surface area (Å²) >= 11 is 0. The summed E-state index contributed by atoms with van der Waals surface area (Å²) in [7, 11) is 0. The number of hydrogen-bond donors (Lipinski definition) is 1. The quantitative estimate of drug-likeness (QED) is 0.767. The summed E-state index contributed by atoms with van der Waals surface area (Å²) in [5, 5.41) is 0.739. The number of H-pyrrole nitrogens is 1. The third-order valence-corrected chi connectivity index (χ3v) is 4.88. The van der Waals surface area contributed by atoms with Crippen molar-refractivity contribution in [2.24, 2.45) is 0 Å². The molecule has 4 rings (SSSR count). The van der Waals surface area contributed by atoms with Crippen molar-refractivity contribution in [3.8, 4) is 0 Å². The molecular weight excluding hydrogens is 333 g/mol. The first kappa shape index (κ1) is 16.7. The van der Waals surface area contributed by atoms with Crippen LogP contribution in [0, 0.1) is 19.7 Å². The summed E-state index contributed by atoms with van der Waals surface area (Å²) in [4.78, 5) is 22.2. The molecule has 2 aromatic heterocycles. The minimum atomic E-state index is -0.307. The summed E-state index contributed by atoms with van der Waals surface area (Å²) in [6.45, 7) is 5.26. The van der Waals surface area contributed by atoms with Gasteiger partial charge in [0, 0.05) is 29.3 Å². The smallest absolute Gasteiger partial charge is 0.270 e. The lowest BCUT2D eigenvalue weighted by atomic mass is 10.1. The van der Waals surface area contributed by atoms with Gasteiger partial charge in [-0.15, -0.1) is 0 Å². The predicted molar refractivity (Wildman–Crippen MR) is 96.6 cm³/mol. The average molecular weight is 353 g/mol. The van der Waals surface area contributed by atoms with Gasteiger partial charge in [0.05, 0.1) is 13.2 Å². The number of halogens is 1. The third kappa shape index (κ3) is 2.97. The molecule has 5 nitrogen and oxygen atoms in total. The minimum Gasteiger partial charge on any atom is -0.370 e. The molecule has 0 aliphatic carbocycles. The van der Waals surface area contributed by atoms with Crippen molar-refractivity contribution in [2.75, 3.05) is 19.7 Å². The molecule has 1 N–H and O–H groups in total. The van der Waals surface area contributed by atoms with Crippen LogP contribution in [-0.4, -0.2) is 40.5 Å². The Kier molecular flexibility index (Phi) is 4.20. The molecule has 1 aliphatic heterocycles. The Labute approximate surface area is 150 Å². The number of benzene rings is 1. The number of carbonyl (C=O) groups is 1. The molecule has 0 spiro atoms. The second-order valence-electron chi connectivity index (χ2n) is 6.66. The number of nitrogens with zero attached hydrogens (tertiary/aromatic N) is 2. The van der Waals surface area contributed by atoms with Crippen molar-refractivity contribution in [3.05, 3.63) is 64.9 Å². The van der Waals surface area contributed by atoms with Crippen LogP contribution in [0.5, 0.6) is 0 Å². The van der Waals surface area contributed by atoms with E-state index < -0.39 is 0 Å². The molecular formula is C20H20FN3O2. The number of rotatable bonds is 2. The van der Waals surface area contributed by atoms with Crippen LogP contribution in [0.3, 0.4) is 0 Å². The van der Waals surface area contributed by atoms with E-state index in [9.17, 15) is 9.18 Å². The van der Waals surface area contributed by atoms with Crippen molar-refractivity contribution < 1.29 is 13.9 Å². The SMILES string of the molecule is Cc1cc(C2CN(C(=O)c3[nH]c4ccc(F)cc4c3C)CCO2)ccn1. The number of carbonyl (C=O) groups excluding carboxylic acids is 1. The standard InChI is InChI=1S/C20H20FN3O2/c1-12-9-14(5-6-22-12)18-11-24(7-8-26-18)20(25)19-13(2)16-10-15(21)3-4-17(16)23-19/h3-6,9-10,18,23H,7-8,11H2,1-2H3. The number of nitrogens with one attached hydrogen (secondary N) is 1. The first-order valence-corrected chi connectivity index (χ1v) is 8.64. The van der Waals surface area contributed by atoms with E-state index in [2.05, 4.69) is 9.97 Å². The van der Waals surface area contributed by atoms with Gasteiger partial charge in [0.25, 0.3) is 5.91 Å². The van der Waals surface area contributed by atoms with E-state index in [-0.39, 0.29) is 17.8 Å². The van der Waals surface area contributed by atoms with Gasteiger partial charge >= 0.3 is 0 Å². The number of ether oxygens (including phenoxy) is 1. The molecule has 1 unspecified atom stereocenters. The number of aryl methyl sites for hydroxylation is 2. The van der Waals surface area contributed by atoms with Crippen molar-refractivity contribution in [3.63, 3.8) is 0 Å². The van der Waals surface area contributed by atoms with Crippen LogP contribution in [0.15, 0.2) is 36.5 Å². The van der Waals surface area contributed by atoms with Gasteiger partial charge in [0.2, 0.25) is 0 Å². The Bertz CT molecular complexity index is 982. The van der Waals surface area contributed by atoms with E-state index in [1.54, 1.807) is 17.2 Å². The lowest BCUT2D eigenvalue weighted by Crippen LogP contribution is -2.42. The molecule has 3 heterocycles. The number of hydrogen-bond acceptors (Lipinski definition) is 3. The van der Waals surface area contributed by atoms with Gasteiger partial charge in [-0.2, -0.15) is 0 Å². The molecule has 134 valence electrons. The maximum absolute atomic E-state index is 13.5. The molecule has 26 heavy (non-hydrogen) atoms. The van der Waals surface area contributed by atoms with Crippen LogP contribution in [0.1, 0.15) is 33.4 Å². The van der Waals surface area contributed by atoms with Gasteiger partial charge in [-0.25, -0.2) is 4.39 Å². The Morgan fingerprint density at radius 1 is 1.31 bits per heavy atom. The van der Waals surface area contributed by atoms with E-state index in [4.69, 9.17) is 4.74 Å². The van der Waals surface area contributed by atoms with E-state index in [1.165, 1.54) is 12.1 Å². The van der Waals surface area contributed by atoms with E-state index in [0.717, 1.165) is 27.7 Å². The highest BCUT2D eigenvalue weighted by Crippen LogP contribution is 2.27. The first-order valence-electron chi connectivity index (χ1n) is 8.64. The van der Waals surface area contributed by atoms with Crippen molar-refractivity contribution in [1.82, 2.24) is 14.9 Å². The highest BCUT2D eigenvalue weighted by atomic mass is 19.1. The van der Waals surface area contributed by atoms with Crippen LogP contribution in [0.25, 0.3) is 10.9 Å². The molecule has 0 bridgehead atoms. The molecule has 0 radical (unpaired) electrons. The summed E-state index contributed by atoms with van der Waals surface area (Å²) in [5.74, 6) is -0.392. The molecule has 3 aromatic rings. The van der Waals surface area contributed by atoms with Crippen LogP contribution in [-0.2, 0) is 4.74 Å². The van der Waals surface area contributed by atoms with E-state index in [0.29, 0.717) is 25.4 Å². The number of morpholine rings is 1. The van der Waals surface area contributed by atoms with Gasteiger partial charge in [-0.1, -0.05) is 0 Å². The lowest BCUT2D eigenvalue weighted by molar-refractivity contribution is -0.0230. The number of pyridine rings is 1. The lowest BCUT2D eigenvalue weighted by Gasteiger charge is -2.33. The zero-order chi connectivity index (χ0) is 18.3. The minimum absolute atomic E-state index is 0.0850. The normalized spacial score (nSPS) is 17.7. The zero-order valence-corrected chi connectivity index (χ0v) is 14.8. The Hall–Kier alpha value is -2.73. The predicted octanol–water partition coefficient (Wildman–Crippen LogP) is 3.53. The Balaban J connectivity index is 1.61. The monoisotopic (exact) mass is 353 g/mol. The molecule has 1 aliphatic rings. The maximum atomic E-state index is 13.5. The largest absolute Gasteiger partial charge is 0.370 e. The van der Waals surface area contributed by atoms with Gasteiger partial charge < -0.3 is 14.6 Å². The fourth-order valence-corrected chi connectivity index (χ4v) is 3.47. The van der Waals surface area contributed by atoms with Gasteiger partial charge in [-0.05, 0) is 55.3 Å². The number of aromatic amines is 1. The summed E-state index contributed by atoms with van der Waals surface area (Å²) in [6.07, 6.45) is 1.59. The molecule has 1 aromatic carbocycles. The molecule has 1 amide bonds. The second kappa shape index (κ2) is 6.53. The van der Waals surface area contributed by atoms with Crippen molar-refractivity contribution in [2.45, 2.75) is 20.0 Å². The molecule has 1 saturated heterocycles. The van der Waals surface area contributed by atoms with Crippen LogP contribution in [0.2, 0.25) is 0 Å². The summed E-state index contributed by atoms with van der Waals surface area (Å²) < 4.78 is 19.4.